The van der Waals surface area contributed by atoms with Crippen LogP contribution in [-0.2, 0) is 6.54 Å². The molecule has 1 aromatic carbocycles. The molecule has 0 aromatic heterocycles. The van der Waals surface area contributed by atoms with Gasteiger partial charge in [0.05, 0.1) is 6.54 Å². The second-order valence-corrected chi connectivity index (χ2v) is 4.47. The van der Waals surface area contributed by atoms with Crippen LogP contribution in [0.3, 0.4) is 0 Å². The zero-order valence-electron chi connectivity index (χ0n) is 10.2. The van der Waals surface area contributed by atoms with Gasteiger partial charge in [0.15, 0.2) is 5.96 Å². The molecule has 0 heterocycles. The first-order chi connectivity index (χ1) is 8.25. The number of aliphatic imine (C=N–C) groups is 1. The van der Waals surface area contributed by atoms with E-state index in [-0.39, 0.29) is 36.3 Å². The number of hydrogen-bond acceptors (Lipinski definition) is 1. The molecule has 0 bridgehead atoms. The maximum absolute atomic E-state index is 13.3. The van der Waals surface area contributed by atoms with Crippen LogP contribution in [0.5, 0.6) is 0 Å². The summed E-state index contributed by atoms with van der Waals surface area (Å²) in [6.45, 7) is 1.17. The van der Waals surface area contributed by atoms with E-state index in [0.717, 1.165) is 12.5 Å². The van der Waals surface area contributed by atoms with E-state index in [1.54, 1.807) is 18.2 Å². The molecule has 5 heteroatoms. The van der Waals surface area contributed by atoms with Crippen molar-refractivity contribution >= 4 is 29.9 Å². The second kappa shape index (κ2) is 7.56. The lowest BCUT2D eigenvalue weighted by atomic mass is 9.85. The number of nitrogens with one attached hydrogen (secondary N) is 1. The fourth-order valence-corrected chi connectivity index (χ4v) is 1.80. The van der Waals surface area contributed by atoms with Crippen molar-refractivity contribution < 1.29 is 4.39 Å². The SMILES string of the molecule is I.NC(=NCc1ccccc1F)NCC1CCC1. The summed E-state index contributed by atoms with van der Waals surface area (Å²) >= 11 is 0. The maximum Gasteiger partial charge on any atom is 0.188 e. The molecule has 1 saturated carbocycles. The first-order valence-corrected chi connectivity index (χ1v) is 6.03. The lowest BCUT2D eigenvalue weighted by molar-refractivity contribution is 0.315. The molecular formula is C13H19FIN3. The van der Waals surface area contributed by atoms with Crippen molar-refractivity contribution in [3.05, 3.63) is 35.6 Å². The maximum atomic E-state index is 13.3. The van der Waals surface area contributed by atoms with Crippen LogP contribution >= 0.6 is 24.0 Å². The minimum absolute atomic E-state index is 0. The summed E-state index contributed by atoms with van der Waals surface area (Å²) in [4.78, 5) is 4.13. The average molecular weight is 363 g/mol. The quantitative estimate of drug-likeness (QED) is 0.491. The number of rotatable bonds is 4. The van der Waals surface area contributed by atoms with Crippen molar-refractivity contribution in [3.8, 4) is 0 Å². The summed E-state index contributed by atoms with van der Waals surface area (Å²) in [5, 5.41) is 3.08. The second-order valence-electron chi connectivity index (χ2n) is 4.47. The molecule has 100 valence electrons. The van der Waals surface area contributed by atoms with Gasteiger partial charge in [-0.3, -0.25) is 0 Å². The van der Waals surface area contributed by atoms with Crippen LogP contribution in [0.15, 0.2) is 29.3 Å². The molecule has 1 fully saturated rings. The lowest BCUT2D eigenvalue weighted by Crippen LogP contribution is -2.37. The van der Waals surface area contributed by atoms with E-state index in [9.17, 15) is 4.39 Å². The van der Waals surface area contributed by atoms with Crippen molar-refractivity contribution in [2.75, 3.05) is 6.54 Å². The minimum Gasteiger partial charge on any atom is -0.370 e. The summed E-state index contributed by atoms with van der Waals surface area (Å²) in [6.07, 6.45) is 3.86. The Kier molecular flexibility index (Phi) is 6.38. The van der Waals surface area contributed by atoms with Gasteiger partial charge in [0, 0.05) is 12.1 Å². The van der Waals surface area contributed by atoms with Crippen LogP contribution in [-0.4, -0.2) is 12.5 Å². The third-order valence-corrected chi connectivity index (χ3v) is 3.17. The Morgan fingerprint density at radius 1 is 1.39 bits per heavy atom. The zero-order valence-corrected chi connectivity index (χ0v) is 12.6. The van der Waals surface area contributed by atoms with Gasteiger partial charge in [-0.25, -0.2) is 9.38 Å². The first-order valence-electron chi connectivity index (χ1n) is 6.03. The van der Waals surface area contributed by atoms with Crippen LogP contribution in [0.25, 0.3) is 0 Å². The molecule has 18 heavy (non-hydrogen) atoms. The normalized spacial score (nSPS) is 15.7. The van der Waals surface area contributed by atoms with Gasteiger partial charge >= 0.3 is 0 Å². The fraction of sp³-hybridized carbons (Fsp3) is 0.462. The van der Waals surface area contributed by atoms with Crippen LogP contribution < -0.4 is 11.1 Å². The Balaban J connectivity index is 0.00000162. The van der Waals surface area contributed by atoms with E-state index in [1.165, 1.54) is 25.3 Å². The number of benzene rings is 1. The molecule has 0 atom stereocenters. The van der Waals surface area contributed by atoms with Gasteiger partial charge in [0.1, 0.15) is 5.82 Å². The molecule has 1 aromatic rings. The number of halogens is 2. The minimum atomic E-state index is -0.233. The Bertz CT molecular complexity index is 405. The Hall–Kier alpha value is -0.850. The average Bonchev–Trinajstić information content (AvgIpc) is 2.26. The molecule has 0 amide bonds. The summed E-state index contributed by atoms with van der Waals surface area (Å²) in [6, 6.07) is 6.62. The summed E-state index contributed by atoms with van der Waals surface area (Å²) in [7, 11) is 0. The zero-order chi connectivity index (χ0) is 12.1. The van der Waals surface area contributed by atoms with Gasteiger partial charge in [-0.1, -0.05) is 24.6 Å². The molecule has 0 aliphatic heterocycles. The number of hydrogen-bond donors (Lipinski definition) is 2. The third kappa shape index (κ3) is 4.44. The molecule has 2 rings (SSSR count). The third-order valence-electron chi connectivity index (χ3n) is 3.17. The van der Waals surface area contributed by atoms with Gasteiger partial charge < -0.3 is 11.1 Å². The summed E-state index contributed by atoms with van der Waals surface area (Å²) < 4.78 is 13.3. The molecule has 0 unspecified atom stereocenters. The number of nitrogens with two attached hydrogens (primary N) is 1. The van der Waals surface area contributed by atoms with Gasteiger partial charge in [0.2, 0.25) is 0 Å². The largest absolute Gasteiger partial charge is 0.370 e. The predicted molar refractivity (Wildman–Crippen MR) is 82.5 cm³/mol. The predicted octanol–water partition coefficient (Wildman–Crippen LogP) is 2.65. The van der Waals surface area contributed by atoms with E-state index in [1.807, 2.05) is 0 Å². The smallest absolute Gasteiger partial charge is 0.188 e. The highest BCUT2D eigenvalue weighted by Gasteiger charge is 2.16. The molecule has 3 N–H and O–H groups in total. The van der Waals surface area contributed by atoms with Gasteiger partial charge in [-0.05, 0) is 24.8 Å². The van der Waals surface area contributed by atoms with Gasteiger partial charge in [-0.2, -0.15) is 0 Å². The highest BCUT2D eigenvalue weighted by atomic mass is 127. The van der Waals surface area contributed by atoms with Gasteiger partial charge in [-0.15, -0.1) is 24.0 Å². The summed E-state index contributed by atoms with van der Waals surface area (Å²) in [5.41, 5.74) is 6.29. The van der Waals surface area contributed by atoms with Crippen molar-refractivity contribution in [2.45, 2.75) is 25.8 Å². The van der Waals surface area contributed by atoms with E-state index in [0.29, 0.717) is 11.5 Å². The van der Waals surface area contributed by atoms with Crippen molar-refractivity contribution in [3.63, 3.8) is 0 Å². The number of nitrogens with zero attached hydrogens (tertiary/aromatic N) is 1. The molecule has 0 saturated heterocycles. The highest BCUT2D eigenvalue weighted by Crippen LogP contribution is 2.24. The van der Waals surface area contributed by atoms with Crippen molar-refractivity contribution in [1.29, 1.82) is 0 Å². The molecule has 0 radical (unpaired) electrons. The summed E-state index contributed by atoms with van der Waals surface area (Å²) in [5.74, 6) is 0.903. The van der Waals surface area contributed by atoms with Crippen LogP contribution in [0.2, 0.25) is 0 Å². The molecule has 1 aliphatic rings. The molecular weight excluding hydrogens is 344 g/mol. The molecule has 0 spiro atoms. The Morgan fingerprint density at radius 2 is 2.11 bits per heavy atom. The molecule has 3 nitrogen and oxygen atoms in total. The van der Waals surface area contributed by atoms with E-state index in [2.05, 4.69) is 10.3 Å². The van der Waals surface area contributed by atoms with Crippen molar-refractivity contribution in [1.82, 2.24) is 5.32 Å². The van der Waals surface area contributed by atoms with Gasteiger partial charge in [0.25, 0.3) is 0 Å². The van der Waals surface area contributed by atoms with E-state index < -0.39 is 0 Å². The Morgan fingerprint density at radius 3 is 2.72 bits per heavy atom. The fourth-order valence-electron chi connectivity index (χ4n) is 1.80. The number of guanidine groups is 1. The molecule has 1 aliphatic carbocycles. The van der Waals surface area contributed by atoms with E-state index in [4.69, 9.17) is 5.73 Å². The standard InChI is InChI=1S/C13H18FN3.HI/c14-12-7-2-1-6-11(12)9-17-13(15)16-8-10-4-3-5-10;/h1-2,6-7,10H,3-5,8-9H2,(H3,15,16,17);1H. The monoisotopic (exact) mass is 363 g/mol. The van der Waals surface area contributed by atoms with Crippen LogP contribution in [0.4, 0.5) is 4.39 Å². The topological polar surface area (TPSA) is 50.4 Å². The Labute approximate surface area is 124 Å². The lowest BCUT2D eigenvalue weighted by Gasteiger charge is -2.25. The van der Waals surface area contributed by atoms with Crippen LogP contribution in [0, 0.1) is 11.7 Å². The van der Waals surface area contributed by atoms with Crippen LogP contribution in [0.1, 0.15) is 24.8 Å². The highest BCUT2D eigenvalue weighted by molar-refractivity contribution is 14.0. The van der Waals surface area contributed by atoms with E-state index >= 15 is 0 Å². The first kappa shape index (κ1) is 15.2. The van der Waals surface area contributed by atoms with Crippen molar-refractivity contribution in [2.24, 2.45) is 16.6 Å².